The first-order valence-corrected chi connectivity index (χ1v) is 16.9. The summed E-state index contributed by atoms with van der Waals surface area (Å²) in [6, 6.07) is 55.9. The van der Waals surface area contributed by atoms with Gasteiger partial charge in [-0.05, 0) is 66.3 Å². The molecule has 230 valence electrons. The van der Waals surface area contributed by atoms with Gasteiger partial charge in [-0.25, -0.2) is 19.9 Å². The van der Waals surface area contributed by atoms with E-state index >= 15 is 0 Å². The third-order valence-electron chi connectivity index (χ3n) is 10.2. The zero-order chi connectivity index (χ0) is 32.8. The van der Waals surface area contributed by atoms with E-state index in [9.17, 15) is 0 Å². The minimum absolute atomic E-state index is 0.654. The molecule has 0 amide bonds. The zero-order valence-electron chi connectivity index (χ0n) is 26.8. The van der Waals surface area contributed by atoms with Crippen molar-refractivity contribution in [1.82, 2.24) is 19.9 Å². The van der Waals surface area contributed by atoms with E-state index in [1.54, 1.807) is 0 Å². The molecule has 50 heavy (non-hydrogen) atoms. The Morgan fingerprint density at radius 3 is 1.44 bits per heavy atom. The predicted octanol–water partition coefficient (Wildman–Crippen LogP) is 11.7. The molecule has 11 rings (SSSR count). The van der Waals surface area contributed by atoms with Crippen LogP contribution in [-0.4, -0.2) is 19.9 Å². The summed E-state index contributed by atoms with van der Waals surface area (Å²) >= 11 is 0. The third kappa shape index (κ3) is 3.99. The van der Waals surface area contributed by atoms with Crippen molar-refractivity contribution in [3.05, 3.63) is 158 Å². The van der Waals surface area contributed by atoms with E-state index in [4.69, 9.17) is 19.9 Å². The number of hydrogen-bond acceptors (Lipinski definition) is 4. The molecule has 0 atom stereocenters. The van der Waals surface area contributed by atoms with Crippen molar-refractivity contribution in [1.29, 1.82) is 0 Å². The van der Waals surface area contributed by atoms with Crippen LogP contribution in [0, 0.1) is 0 Å². The van der Waals surface area contributed by atoms with Gasteiger partial charge >= 0.3 is 0 Å². The highest BCUT2D eigenvalue weighted by Crippen LogP contribution is 2.46. The second-order valence-corrected chi connectivity index (χ2v) is 13.0. The van der Waals surface area contributed by atoms with E-state index in [0.717, 1.165) is 44.6 Å². The lowest BCUT2D eigenvalue weighted by molar-refractivity contribution is 1.16. The number of hydrogen-bond donors (Lipinski definition) is 0. The normalized spacial score (nSPS) is 12.0. The van der Waals surface area contributed by atoms with Gasteiger partial charge in [0.05, 0.1) is 16.8 Å². The van der Waals surface area contributed by atoms with E-state index < -0.39 is 0 Å². The van der Waals surface area contributed by atoms with E-state index in [-0.39, 0.29) is 0 Å². The molecule has 0 saturated carbocycles. The topological polar surface area (TPSA) is 51.6 Å². The Morgan fingerprint density at radius 2 is 0.780 bits per heavy atom. The quantitative estimate of drug-likeness (QED) is 0.181. The zero-order valence-corrected chi connectivity index (χ0v) is 26.8. The molecule has 0 unspecified atom stereocenters. The van der Waals surface area contributed by atoms with Gasteiger partial charge in [0.2, 0.25) is 0 Å². The van der Waals surface area contributed by atoms with Crippen LogP contribution in [0.3, 0.4) is 0 Å². The molecule has 0 spiro atoms. The lowest BCUT2D eigenvalue weighted by Crippen LogP contribution is -1.98. The second-order valence-electron chi connectivity index (χ2n) is 13.0. The van der Waals surface area contributed by atoms with Gasteiger partial charge in [0.1, 0.15) is 0 Å². The molecule has 10 aromatic rings. The van der Waals surface area contributed by atoms with Gasteiger partial charge < -0.3 is 0 Å². The smallest absolute Gasteiger partial charge is 0.168 e. The molecule has 1 aliphatic rings. The molecule has 0 fully saturated rings. The lowest BCUT2D eigenvalue weighted by Gasteiger charge is -2.12. The SMILES string of the molecule is c1ccc2c(c1)-c1nc(-c3ccc(-c4ccc5ccccc5c4)cc3)nc3nc(-c4ccc5c6ccccc6c6ccccc6c5c4)nc-2c13. The maximum Gasteiger partial charge on any atom is 0.168 e. The number of benzene rings is 8. The van der Waals surface area contributed by atoms with E-state index in [1.807, 2.05) is 0 Å². The first-order chi connectivity index (χ1) is 24.8. The monoisotopic (exact) mass is 634 g/mol. The second kappa shape index (κ2) is 10.4. The number of fused-ring (bicyclic) bond motifs is 10. The molecule has 0 N–H and O–H groups in total. The Labute approximate surface area is 287 Å². The van der Waals surface area contributed by atoms with Crippen molar-refractivity contribution in [3.8, 4) is 56.4 Å². The molecule has 4 nitrogen and oxygen atoms in total. The summed E-state index contributed by atoms with van der Waals surface area (Å²) in [7, 11) is 0. The molecule has 0 aliphatic heterocycles. The van der Waals surface area contributed by atoms with Gasteiger partial charge in [0, 0.05) is 22.3 Å². The maximum absolute atomic E-state index is 5.21. The number of aromatic nitrogens is 4. The van der Waals surface area contributed by atoms with E-state index in [2.05, 4.69) is 158 Å². The van der Waals surface area contributed by atoms with Crippen LogP contribution in [0.15, 0.2) is 158 Å². The predicted molar refractivity (Wildman–Crippen MR) is 206 cm³/mol. The highest BCUT2D eigenvalue weighted by atomic mass is 15.0. The molecule has 8 aromatic carbocycles. The van der Waals surface area contributed by atoms with Crippen molar-refractivity contribution < 1.29 is 0 Å². The van der Waals surface area contributed by atoms with Crippen LogP contribution in [0.25, 0.3) is 111 Å². The standard InChI is InChI=1S/C46H26N4/c1-2-10-30-25-31(22-19-27(30)9-1)28-17-20-29(21-18-28)44-47-42-38-15-7-8-16-39(38)43-41(42)46(49-44)50-45(48-43)32-23-24-37-35-13-4-3-11-33(35)34-12-5-6-14-36(34)40(37)26-32/h1-26H. The van der Waals surface area contributed by atoms with Crippen LogP contribution >= 0.6 is 0 Å². The van der Waals surface area contributed by atoms with Gasteiger partial charge in [0.15, 0.2) is 17.3 Å². The van der Waals surface area contributed by atoms with Crippen molar-refractivity contribution in [2.45, 2.75) is 0 Å². The summed E-state index contributed by atoms with van der Waals surface area (Å²) in [5.41, 5.74) is 8.79. The van der Waals surface area contributed by atoms with E-state index in [1.165, 1.54) is 48.7 Å². The molecule has 2 heterocycles. The van der Waals surface area contributed by atoms with Crippen molar-refractivity contribution in [2.24, 2.45) is 0 Å². The molecule has 1 aliphatic carbocycles. The molecule has 4 heteroatoms. The first kappa shape index (κ1) is 27.2. The Morgan fingerprint density at radius 1 is 0.300 bits per heavy atom. The summed E-state index contributed by atoms with van der Waals surface area (Å²) < 4.78 is 0. The summed E-state index contributed by atoms with van der Waals surface area (Å²) in [4.78, 5) is 20.6. The number of nitrogens with zero attached hydrogens (tertiary/aromatic N) is 4. The average Bonchev–Trinajstić information content (AvgIpc) is 3.51. The molecule has 0 bridgehead atoms. The van der Waals surface area contributed by atoms with Crippen LogP contribution < -0.4 is 0 Å². The fraction of sp³-hybridized carbons (Fsp3) is 0. The molecule has 2 aromatic heterocycles. The highest BCUT2D eigenvalue weighted by Gasteiger charge is 2.28. The lowest BCUT2D eigenvalue weighted by atomic mass is 9.93. The first-order valence-electron chi connectivity index (χ1n) is 16.9. The van der Waals surface area contributed by atoms with Crippen LogP contribution in [0.4, 0.5) is 0 Å². The van der Waals surface area contributed by atoms with Gasteiger partial charge in [-0.3, -0.25) is 0 Å². The van der Waals surface area contributed by atoms with Gasteiger partial charge in [0.25, 0.3) is 0 Å². The summed E-state index contributed by atoms with van der Waals surface area (Å²) in [6.07, 6.45) is 0. The average molecular weight is 635 g/mol. The fourth-order valence-corrected chi connectivity index (χ4v) is 7.81. The van der Waals surface area contributed by atoms with Crippen molar-refractivity contribution in [2.75, 3.05) is 0 Å². The number of rotatable bonds is 3. The fourth-order valence-electron chi connectivity index (χ4n) is 7.81. The molecule has 0 saturated heterocycles. The third-order valence-corrected chi connectivity index (χ3v) is 10.2. The minimum atomic E-state index is 0.654. The summed E-state index contributed by atoms with van der Waals surface area (Å²) in [5, 5.41) is 10.8. The van der Waals surface area contributed by atoms with Gasteiger partial charge in [-0.1, -0.05) is 146 Å². The summed E-state index contributed by atoms with van der Waals surface area (Å²) in [5.74, 6) is 1.31. The Bertz CT molecular complexity index is 3000. The maximum atomic E-state index is 5.21. The van der Waals surface area contributed by atoms with Crippen molar-refractivity contribution in [3.63, 3.8) is 0 Å². The largest absolute Gasteiger partial charge is 0.227 e. The Kier molecular flexibility index (Phi) is 5.63. The van der Waals surface area contributed by atoms with Gasteiger partial charge in [-0.2, -0.15) is 0 Å². The van der Waals surface area contributed by atoms with Crippen LogP contribution in [-0.2, 0) is 0 Å². The highest BCUT2D eigenvalue weighted by molar-refractivity contribution is 6.25. The Balaban J connectivity index is 1.08. The van der Waals surface area contributed by atoms with Crippen LogP contribution in [0.5, 0.6) is 0 Å². The summed E-state index contributed by atoms with van der Waals surface area (Å²) in [6.45, 7) is 0. The van der Waals surface area contributed by atoms with E-state index in [0.29, 0.717) is 17.3 Å². The molecule has 0 radical (unpaired) electrons. The molecular weight excluding hydrogens is 609 g/mol. The molecular formula is C46H26N4. The van der Waals surface area contributed by atoms with Crippen LogP contribution in [0.2, 0.25) is 0 Å². The van der Waals surface area contributed by atoms with Gasteiger partial charge in [-0.15, -0.1) is 0 Å². The Hall–Kier alpha value is -6.78. The minimum Gasteiger partial charge on any atom is -0.227 e. The van der Waals surface area contributed by atoms with Crippen LogP contribution in [0.1, 0.15) is 0 Å². The van der Waals surface area contributed by atoms with Crippen molar-refractivity contribution >= 4 is 54.1 Å².